The van der Waals surface area contributed by atoms with Gasteiger partial charge < -0.3 is 19.7 Å². The standard InChI is InChI=1S/C18H18ClFN6O2/c1-9(2)23-18(27)26-7-14-13(21-8-22-14)6-15(26)17-24-16(25-28-17)10-3-4-12(20)11(19)5-10/h3-5,8-9,15H,6-7H2,1-2H3,(H,21,22)(H,23,27)/t15-/m0/s1. The van der Waals surface area contributed by atoms with Gasteiger partial charge in [0.1, 0.15) is 11.9 Å². The molecule has 1 aliphatic rings. The van der Waals surface area contributed by atoms with E-state index in [4.69, 9.17) is 16.1 Å². The first-order valence-electron chi connectivity index (χ1n) is 8.79. The smallest absolute Gasteiger partial charge is 0.318 e. The van der Waals surface area contributed by atoms with Crippen molar-refractivity contribution >= 4 is 17.6 Å². The fourth-order valence-electron chi connectivity index (χ4n) is 3.12. The maximum atomic E-state index is 13.4. The highest BCUT2D eigenvalue weighted by Crippen LogP contribution is 2.32. The molecule has 8 nitrogen and oxygen atoms in total. The highest BCUT2D eigenvalue weighted by molar-refractivity contribution is 6.31. The van der Waals surface area contributed by atoms with Crippen molar-refractivity contribution in [1.29, 1.82) is 0 Å². The number of aromatic nitrogens is 4. The summed E-state index contributed by atoms with van der Waals surface area (Å²) in [6.45, 7) is 4.13. The second-order valence-electron chi connectivity index (χ2n) is 6.86. The van der Waals surface area contributed by atoms with E-state index in [0.29, 0.717) is 18.5 Å². The van der Waals surface area contributed by atoms with Crippen molar-refractivity contribution in [3.05, 3.63) is 52.6 Å². The van der Waals surface area contributed by atoms with E-state index in [-0.39, 0.29) is 28.8 Å². The number of rotatable bonds is 3. The summed E-state index contributed by atoms with van der Waals surface area (Å²) in [6, 6.07) is 3.48. The van der Waals surface area contributed by atoms with Crippen LogP contribution in [0.15, 0.2) is 29.0 Å². The molecule has 3 aromatic rings. The van der Waals surface area contributed by atoms with Crippen LogP contribution in [0, 0.1) is 5.82 Å². The van der Waals surface area contributed by atoms with Crippen LogP contribution in [0.2, 0.25) is 5.02 Å². The fraction of sp³-hybridized carbons (Fsp3) is 0.333. The molecular formula is C18H18ClFN6O2. The number of aromatic amines is 1. The molecule has 0 aliphatic carbocycles. The van der Waals surface area contributed by atoms with E-state index < -0.39 is 11.9 Å². The third-order valence-corrected chi connectivity index (χ3v) is 4.77. The van der Waals surface area contributed by atoms with Gasteiger partial charge in [0.25, 0.3) is 0 Å². The van der Waals surface area contributed by atoms with E-state index in [2.05, 4.69) is 25.4 Å². The molecule has 1 aliphatic heterocycles. The Kier molecular flexibility index (Phi) is 4.76. The number of imidazole rings is 1. The van der Waals surface area contributed by atoms with Crippen LogP contribution in [0.5, 0.6) is 0 Å². The van der Waals surface area contributed by atoms with Crippen LogP contribution in [0.25, 0.3) is 11.4 Å². The average molecular weight is 405 g/mol. The average Bonchev–Trinajstić information content (AvgIpc) is 3.31. The number of nitrogens with zero attached hydrogens (tertiary/aromatic N) is 4. The topological polar surface area (TPSA) is 99.9 Å². The number of fused-ring (bicyclic) bond motifs is 1. The molecule has 0 bridgehead atoms. The Morgan fingerprint density at radius 1 is 1.46 bits per heavy atom. The van der Waals surface area contributed by atoms with Gasteiger partial charge in [-0.15, -0.1) is 0 Å². The predicted molar refractivity (Wildman–Crippen MR) is 98.9 cm³/mol. The number of nitrogens with one attached hydrogen (secondary N) is 2. The first kappa shape index (κ1) is 18.4. The number of hydrogen-bond acceptors (Lipinski definition) is 5. The summed E-state index contributed by atoms with van der Waals surface area (Å²) in [7, 11) is 0. The molecular weight excluding hydrogens is 387 g/mol. The molecule has 2 N–H and O–H groups in total. The Morgan fingerprint density at radius 3 is 3.04 bits per heavy atom. The maximum absolute atomic E-state index is 13.4. The van der Waals surface area contributed by atoms with Crippen LogP contribution in [0.4, 0.5) is 9.18 Å². The van der Waals surface area contributed by atoms with Gasteiger partial charge in [0.05, 0.1) is 29.3 Å². The Bertz CT molecular complexity index is 1020. The molecule has 146 valence electrons. The Labute approximate surface area is 165 Å². The summed E-state index contributed by atoms with van der Waals surface area (Å²) in [6.07, 6.45) is 2.04. The molecule has 3 heterocycles. The minimum absolute atomic E-state index is 0.0177. The molecule has 2 aromatic heterocycles. The Morgan fingerprint density at radius 2 is 2.29 bits per heavy atom. The van der Waals surface area contributed by atoms with Crippen LogP contribution in [-0.2, 0) is 13.0 Å². The number of hydrogen-bond donors (Lipinski definition) is 2. The quantitative estimate of drug-likeness (QED) is 0.696. The van der Waals surface area contributed by atoms with E-state index in [1.54, 1.807) is 11.2 Å². The monoisotopic (exact) mass is 404 g/mol. The summed E-state index contributed by atoms with van der Waals surface area (Å²) in [5, 5.41) is 6.84. The third kappa shape index (κ3) is 3.45. The number of amides is 2. The largest absolute Gasteiger partial charge is 0.347 e. The van der Waals surface area contributed by atoms with E-state index >= 15 is 0 Å². The van der Waals surface area contributed by atoms with E-state index in [0.717, 1.165) is 11.4 Å². The number of urea groups is 1. The zero-order valence-corrected chi connectivity index (χ0v) is 16.0. The normalized spacial score (nSPS) is 16.3. The third-order valence-electron chi connectivity index (χ3n) is 4.48. The van der Waals surface area contributed by atoms with Gasteiger partial charge in [-0.2, -0.15) is 4.98 Å². The van der Waals surface area contributed by atoms with Crippen molar-refractivity contribution in [3.63, 3.8) is 0 Å². The molecule has 1 atom stereocenters. The lowest BCUT2D eigenvalue weighted by Crippen LogP contribution is -2.46. The van der Waals surface area contributed by atoms with Crippen molar-refractivity contribution in [2.75, 3.05) is 0 Å². The molecule has 0 spiro atoms. The molecule has 0 radical (unpaired) electrons. The highest BCUT2D eigenvalue weighted by atomic mass is 35.5. The molecule has 28 heavy (non-hydrogen) atoms. The number of carbonyl (C=O) groups is 1. The minimum Gasteiger partial charge on any atom is -0.347 e. The lowest BCUT2D eigenvalue weighted by atomic mass is 10.0. The van der Waals surface area contributed by atoms with Crippen LogP contribution in [0.3, 0.4) is 0 Å². The van der Waals surface area contributed by atoms with Crippen LogP contribution in [0.1, 0.15) is 37.2 Å². The van der Waals surface area contributed by atoms with Crippen molar-refractivity contribution in [3.8, 4) is 11.4 Å². The first-order chi connectivity index (χ1) is 13.4. The van der Waals surface area contributed by atoms with Crippen molar-refractivity contribution in [1.82, 2.24) is 30.3 Å². The lowest BCUT2D eigenvalue weighted by molar-refractivity contribution is 0.142. The van der Waals surface area contributed by atoms with Gasteiger partial charge in [0.2, 0.25) is 11.7 Å². The van der Waals surface area contributed by atoms with E-state index in [1.165, 1.54) is 18.2 Å². The van der Waals surface area contributed by atoms with Crippen LogP contribution in [-0.4, -0.2) is 37.1 Å². The van der Waals surface area contributed by atoms with E-state index in [1.807, 2.05) is 13.8 Å². The molecule has 0 saturated carbocycles. The number of benzene rings is 1. The molecule has 2 amide bonds. The zero-order valence-electron chi connectivity index (χ0n) is 15.2. The van der Waals surface area contributed by atoms with Gasteiger partial charge >= 0.3 is 6.03 Å². The van der Waals surface area contributed by atoms with Gasteiger partial charge in [-0.1, -0.05) is 16.8 Å². The predicted octanol–water partition coefficient (Wildman–Crippen LogP) is 3.47. The summed E-state index contributed by atoms with van der Waals surface area (Å²) in [5.74, 6) is 0.0287. The maximum Gasteiger partial charge on any atom is 0.318 e. The number of carbonyl (C=O) groups excluding carboxylic acids is 1. The van der Waals surface area contributed by atoms with Crippen molar-refractivity contribution in [2.45, 2.75) is 38.9 Å². The van der Waals surface area contributed by atoms with Gasteiger partial charge in [0, 0.05) is 18.0 Å². The second-order valence-corrected chi connectivity index (χ2v) is 7.27. The zero-order chi connectivity index (χ0) is 19.8. The highest BCUT2D eigenvalue weighted by Gasteiger charge is 2.36. The molecule has 4 rings (SSSR count). The summed E-state index contributed by atoms with van der Waals surface area (Å²) >= 11 is 5.84. The number of H-pyrrole nitrogens is 1. The molecule has 1 aromatic carbocycles. The van der Waals surface area contributed by atoms with Gasteiger partial charge in [-0.3, -0.25) is 0 Å². The summed E-state index contributed by atoms with van der Waals surface area (Å²) in [4.78, 5) is 26.1. The summed E-state index contributed by atoms with van der Waals surface area (Å²) < 4.78 is 18.9. The SMILES string of the molecule is CC(C)NC(=O)N1Cc2[nH]cnc2C[C@H]1c1nc(-c2ccc(F)c(Cl)c2)no1. The van der Waals surface area contributed by atoms with Crippen molar-refractivity contribution in [2.24, 2.45) is 0 Å². The van der Waals surface area contributed by atoms with Gasteiger partial charge in [0.15, 0.2) is 0 Å². The van der Waals surface area contributed by atoms with Crippen LogP contribution >= 0.6 is 11.6 Å². The molecule has 10 heteroatoms. The van der Waals surface area contributed by atoms with Gasteiger partial charge in [-0.25, -0.2) is 14.2 Å². The van der Waals surface area contributed by atoms with Crippen molar-refractivity contribution < 1.29 is 13.7 Å². The first-order valence-corrected chi connectivity index (χ1v) is 9.17. The Balaban J connectivity index is 1.66. The van der Waals surface area contributed by atoms with E-state index in [9.17, 15) is 9.18 Å². The molecule has 0 saturated heterocycles. The lowest BCUT2D eigenvalue weighted by Gasteiger charge is -2.33. The fourth-order valence-corrected chi connectivity index (χ4v) is 3.30. The second kappa shape index (κ2) is 7.23. The molecule has 0 unspecified atom stereocenters. The summed E-state index contributed by atoms with van der Waals surface area (Å²) in [5.41, 5.74) is 2.25. The molecule has 0 fully saturated rings. The number of halogens is 2. The Hall–Kier alpha value is -2.94. The van der Waals surface area contributed by atoms with Gasteiger partial charge in [-0.05, 0) is 32.0 Å². The van der Waals surface area contributed by atoms with Crippen LogP contribution < -0.4 is 5.32 Å². The minimum atomic E-state index is -0.524.